The van der Waals surface area contributed by atoms with Gasteiger partial charge in [-0.1, -0.05) is 0 Å². The van der Waals surface area contributed by atoms with Gasteiger partial charge in [-0.25, -0.2) is 4.98 Å². The van der Waals surface area contributed by atoms with Crippen LogP contribution in [-0.4, -0.2) is 31.4 Å². The van der Waals surface area contributed by atoms with Crippen LogP contribution in [0.2, 0.25) is 0 Å². The van der Waals surface area contributed by atoms with Gasteiger partial charge < -0.3 is 19.3 Å². The zero-order valence-electron chi connectivity index (χ0n) is 8.40. The first-order valence-electron chi connectivity index (χ1n) is 4.03. The van der Waals surface area contributed by atoms with Crippen molar-refractivity contribution in [2.45, 2.75) is 6.61 Å². The van der Waals surface area contributed by atoms with Gasteiger partial charge in [-0.15, -0.1) is 0 Å². The molecule has 0 atom stereocenters. The van der Waals surface area contributed by atoms with E-state index in [1.807, 2.05) is 0 Å². The lowest BCUT2D eigenvalue weighted by molar-refractivity contribution is 0.268. The van der Waals surface area contributed by atoms with Crippen molar-refractivity contribution < 1.29 is 19.3 Å². The molecule has 0 saturated heterocycles. The van der Waals surface area contributed by atoms with Crippen molar-refractivity contribution in [2.75, 3.05) is 21.3 Å². The predicted octanol–water partition coefficient (Wildman–Crippen LogP) is 0.600. The number of aliphatic hydroxyl groups excluding tert-OH is 1. The fourth-order valence-corrected chi connectivity index (χ4v) is 1.09. The lowest BCUT2D eigenvalue weighted by Crippen LogP contribution is -2.00. The number of hydrogen-bond acceptors (Lipinski definition) is 5. The second-order valence-corrected chi connectivity index (χ2v) is 2.52. The normalized spacial score (nSPS) is 9.71. The van der Waals surface area contributed by atoms with E-state index in [1.165, 1.54) is 21.3 Å². The maximum Gasteiger partial charge on any atom is 0.261 e. The smallest absolute Gasteiger partial charge is 0.261 e. The molecule has 1 N–H and O–H groups in total. The second kappa shape index (κ2) is 4.66. The minimum Gasteiger partial charge on any atom is -0.493 e. The number of pyridine rings is 1. The molecule has 0 spiro atoms. The quantitative estimate of drug-likeness (QED) is 0.769. The Morgan fingerprint density at radius 2 is 1.93 bits per heavy atom. The Hall–Kier alpha value is -1.49. The second-order valence-electron chi connectivity index (χ2n) is 2.52. The van der Waals surface area contributed by atoms with Gasteiger partial charge in [0.15, 0.2) is 5.75 Å². The van der Waals surface area contributed by atoms with E-state index in [4.69, 9.17) is 19.3 Å². The van der Waals surface area contributed by atoms with Crippen LogP contribution < -0.4 is 14.2 Å². The molecule has 78 valence electrons. The van der Waals surface area contributed by atoms with Crippen molar-refractivity contribution in [1.29, 1.82) is 0 Å². The van der Waals surface area contributed by atoms with Crippen LogP contribution in [0.15, 0.2) is 6.07 Å². The maximum atomic E-state index is 8.93. The third-order valence-corrected chi connectivity index (χ3v) is 1.74. The highest BCUT2D eigenvalue weighted by molar-refractivity contribution is 5.48. The summed E-state index contributed by atoms with van der Waals surface area (Å²) in [5, 5.41) is 8.93. The van der Waals surface area contributed by atoms with Gasteiger partial charge in [0, 0.05) is 6.07 Å². The van der Waals surface area contributed by atoms with E-state index in [1.54, 1.807) is 6.07 Å². The van der Waals surface area contributed by atoms with Crippen LogP contribution in [0, 0.1) is 0 Å². The number of nitrogens with zero attached hydrogens (tertiary/aromatic N) is 1. The SMILES string of the molecule is COc1cc(CO)nc(OC)c1OC. The average molecular weight is 199 g/mol. The summed E-state index contributed by atoms with van der Waals surface area (Å²) in [5.41, 5.74) is 0.472. The number of ether oxygens (including phenoxy) is 3. The molecule has 5 heteroatoms. The Labute approximate surface area is 82.2 Å². The number of aromatic nitrogens is 1. The standard InChI is InChI=1S/C9H13NO4/c1-12-7-4-6(5-11)10-9(14-3)8(7)13-2/h4,11H,5H2,1-3H3. The monoisotopic (exact) mass is 199 g/mol. The van der Waals surface area contributed by atoms with Crippen molar-refractivity contribution in [2.24, 2.45) is 0 Å². The number of aliphatic hydroxyl groups is 1. The van der Waals surface area contributed by atoms with Crippen LogP contribution in [0.5, 0.6) is 17.4 Å². The van der Waals surface area contributed by atoms with E-state index in [-0.39, 0.29) is 6.61 Å². The summed E-state index contributed by atoms with van der Waals surface area (Å²) in [6.45, 7) is -0.170. The molecule has 0 unspecified atom stereocenters. The number of hydrogen-bond donors (Lipinski definition) is 1. The summed E-state index contributed by atoms with van der Waals surface area (Å²) in [4.78, 5) is 4.01. The average Bonchev–Trinajstić information content (AvgIpc) is 2.26. The Bertz CT molecular complexity index is 289. The first-order chi connectivity index (χ1) is 6.76. The van der Waals surface area contributed by atoms with Gasteiger partial charge in [-0.05, 0) is 0 Å². The van der Waals surface area contributed by atoms with Crippen LogP contribution in [0.1, 0.15) is 5.69 Å². The van der Waals surface area contributed by atoms with Gasteiger partial charge in [0.2, 0.25) is 5.75 Å². The molecule has 0 fully saturated rings. The minimum absolute atomic E-state index is 0.170. The van der Waals surface area contributed by atoms with Gasteiger partial charge in [-0.2, -0.15) is 0 Å². The van der Waals surface area contributed by atoms with Gasteiger partial charge in [-0.3, -0.25) is 0 Å². The van der Waals surface area contributed by atoms with E-state index in [2.05, 4.69) is 4.98 Å². The van der Waals surface area contributed by atoms with Crippen molar-refractivity contribution >= 4 is 0 Å². The van der Waals surface area contributed by atoms with Crippen molar-refractivity contribution in [1.82, 2.24) is 4.98 Å². The summed E-state index contributed by atoms with van der Waals surface area (Å²) in [6, 6.07) is 1.60. The molecule has 1 aromatic heterocycles. The molecule has 5 nitrogen and oxygen atoms in total. The Kier molecular flexibility index (Phi) is 3.53. The molecule has 0 radical (unpaired) electrons. The molecule has 0 aliphatic rings. The van der Waals surface area contributed by atoms with E-state index in [9.17, 15) is 0 Å². The highest BCUT2D eigenvalue weighted by Gasteiger charge is 2.13. The van der Waals surface area contributed by atoms with Crippen molar-refractivity contribution in [3.8, 4) is 17.4 Å². The first kappa shape index (κ1) is 10.6. The molecule has 1 heterocycles. The van der Waals surface area contributed by atoms with Crippen LogP contribution >= 0.6 is 0 Å². The molecule has 0 aromatic carbocycles. The van der Waals surface area contributed by atoms with E-state index < -0.39 is 0 Å². The number of rotatable bonds is 4. The maximum absolute atomic E-state index is 8.93. The Balaban J connectivity index is 3.24. The molecule has 0 amide bonds. The fraction of sp³-hybridized carbons (Fsp3) is 0.444. The van der Waals surface area contributed by atoms with Crippen LogP contribution in [-0.2, 0) is 6.61 Å². The highest BCUT2D eigenvalue weighted by Crippen LogP contribution is 2.35. The predicted molar refractivity (Wildman–Crippen MR) is 49.8 cm³/mol. The lowest BCUT2D eigenvalue weighted by atomic mass is 10.3. The summed E-state index contributed by atoms with van der Waals surface area (Å²) >= 11 is 0. The van der Waals surface area contributed by atoms with Gasteiger partial charge in [0.05, 0.1) is 33.6 Å². The van der Waals surface area contributed by atoms with E-state index in [0.717, 1.165) is 0 Å². The molecule has 0 bridgehead atoms. The zero-order chi connectivity index (χ0) is 10.6. The lowest BCUT2D eigenvalue weighted by Gasteiger charge is -2.11. The summed E-state index contributed by atoms with van der Waals surface area (Å²) in [6.07, 6.45) is 0. The van der Waals surface area contributed by atoms with Crippen molar-refractivity contribution in [3.05, 3.63) is 11.8 Å². The Morgan fingerprint density at radius 3 is 2.36 bits per heavy atom. The third-order valence-electron chi connectivity index (χ3n) is 1.74. The van der Waals surface area contributed by atoms with E-state index >= 15 is 0 Å². The third kappa shape index (κ3) is 1.88. The minimum atomic E-state index is -0.170. The van der Waals surface area contributed by atoms with Crippen molar-refractivity contribution in [3.63, 3.8) is 0 Å². The topological polar surface area (TPSA) is 60.8 Å². The molecule has 1 aromatic rings. The molecule has 0 aliphatic heterocycles. The first-order valence-corrected chi connectivity index (χ1v) is 4.03. The van der Waals surface area contributed by atoms with Crippen LogP contribution in [0.25, 0.3) is 0 Å². The largest absolute Gasteiger partial charge is 0.493 e. The van der Waals surface area contributed by atoms with Gasteiger partial charge >= 0.3 is 0 Å². The van der Waals surface area contributed by atoms with Crippen LogP contribution in [0.3, 0.4) is 0 Å². The van der Waals surface area contributed by atoms with Gasteiger partial charge in [0.1, 0.15) is 0 Å². The van der Waals surface area contributed by atoms with Gasteiger partial charge in [0.25, 0.3) is 5.88 Å². The summed E-state index contributed by atoms with van der Waals surface area (Å²) in [5.74, 6) is 1.21. The Morgan fingerprint density at radius 1 is 1.21 bits per heavy atom. The molecule has 0 aliphatic carbocycles. The molecular formula is C9H13NO4. The fourth-order valence-electron chi connectivity index (χ4n) is 1.09. The summed E-state index contributed by atoms with van der Waals surface area (Å²) < 4.78 is 15.1. The molecule has 1 rings (SSSR count). The zero-order valence-corrected chi connectivity index (χ0v) is 8.40. The molecule has 0 saturated carbocycles. The molecular weight excluding hydrogens is 186 g/mol. The van der Waals surface area contributed by atoms with Crippen LogP contribution in [0.4, 0.5) is 0 Å². The number of methoxy groups -OCH3 is 3. The molecule has 14 heavy (non-hydrogen) atoms. The summed E-state index contributed by atoms with van der Waals surface area (Å²) in [7, 11) is 4.49. The van der Waals surface area contributed by atoms with E-state index in [0.29, 0.717) is 23.1 Å². The highest BCUT2D eigenvalue weighted by atomic mass is 16.5.